The zero-order valence-corrected chi connectivity index (χ0v) is 12.9. The van der Waals surface area contributed by atoms with Crippen molar-refractivity contribution < 1.29 is 4.74 Å². The number of nitrogens with two attached hydrogens (primary N) is 1. The summed E-state index contributed by atoms with van der Waals surface area (Å²) < 4.78 is 7.35. The lowest BCUT2D eigenvalue weighted by Crippen LogP contribution is -2.28. The minimum absolute atomic E-state index is 0.180. The molecule has 0 bridgehead atoms. The van der Waals surface area contributed by atoms with Crippen molar-refractivity contribution in [3.05, 3.63) is 31.8 Å². The Balaban J connectivity index is 2.73. The summed E-state index contributed by atoms with van der Waals surface area (Å²) in [6.45, 7) is 0.767. The van der Waals surface area contributed by atoms with Crippen molar-refractivity contribution in [1.29, 1.82) is 0 Å². The zero-order chi connectivity index (χ0) is 12.0. The Bertz CT molecular complexity index is 336. The molecule has 1 aromatic carbocycles. The predicted octanol–water partition coefficient (Wildman–Crippen LogP) is 2.98. The standard InChI is InChI=1S/C11H16BrIN2O/c1-16-6-2-3-11(15-14)9-7-8(12)4-5-10(9)13/h4-5,7,11,15H,2-3,6,14H2,1H3. The lowest BCUT2D eigenvalue weighted by Gasteiger charge is -2.18. The van der Waals surface area contributed by atoms with Crippen molar-refractivity contribution in [2.75, 3.05) is 13.7 Å². The molecule has 0 aliphatic heterocycles. The van der Waals surface area contributed by atoms with E-state index < -0.39 is 0 Å². The van der Waals surface area contributed by atoms with Gasteiger partial charge in [-0.05, 0) is 59.2 Å². The highest BCUT2D eigenvalue weighted by Crippen LogP contribution is 2.26. The second-order valence-corrected chi connectivity index (χ2v) is 5.60. The van der Waals surface area contributed by atoms with Crippen LogP contribution in [0.3, 0.4) is 0 Å². The molecule has 0 saturated heterocycles. The Kier molecular flexibility index (Phi) is 6.83. The third-order valence-electron chi connectivity index (χ3n) is 2.38. The fourth-order valence-electron chi connectivity index (χ4n) is 1.54. The van der Waals surface area contributed by atoms with Crippen LogP contribution in [0, 0.1) is 3.57 Å². The van der Waals surface area contributed by atoms with Crippen molar-refractivity contribution in [1.82, 2.24) is 5.43 Å². The summed E-state index contributed by atoms with van der Waals surface area (Å²) in [7, 11) is 1.72. The summed E-state index contributed by atoms with van der Waals surface area (Å²) in [6, 6.07) is 6.41. The van der Waals surface area contributed by atoms with Gasteiger partial charge in [0.25, 0.3) is 0 Å². The summed E-state index contributed by atoms with van der Waals surface area (Å²) in [5, 5.41) is 0. The van der Waals surface area contributed by atoms with E-state index in [9.17, 15) is 0 Å². The minimum Gasteiger partial charge on any atom is -0.385 e. The average Bonchev–Trinajstić information content (AvgIpc) is 2.28. The Hall–Kier alpha value is 0.310. The molecule has 1 atom stereocenters. The van der Waals surface area contributed by atoms with Gasteiger partial charge in [-0.15, -0.1) is 0 Å². The second-order valence-electron chi connectivity index (χ2n) is 3.52. The van der Waals surface area contributed by atoms with E-state index in [-0.39, 0.29) is 6.04 Å². The molecule has 16 heavy (non-hydrogen) atoms. The van der Waals surface area contributed by atoms with Crippen LogP contribution in [0.5, 0.6) is 0 Å². The molecule has 0 radical (unpaired) electrons. The zero-order valence-electron chi connectivity index (χ0n) is 9.17. The molecule has 1 rings (SSSR count). The minimum atomic E-state index is 0.180. The van der Waals surface area contributed by atoms with Gasteiger partial charge in [0.15, 0.2) is 0 Å². The van der Waals surface area contributed by atoms with Gasteiger partial charge in [0.05, 0.1) is 0 Å². The van der Waals surface area contributed by atoms with Crippen LogP contribution in [-0.2, 0) is 4.74 Å². The third kappa shape index (κ3) is 4.29. The van der Waals surface area contributed by atoms with Gasteiger partial charge in [-0.3, -0.25) is 11.3 Å². The number of halogens is 2. The van der Waals surface area contributed by atoms with E-state index >= 15 is 0 Å². The Labute approximate surface area is 118 Å². The molecule has 0 aliphatic rings. The molecular weight excluding hydrogens is 383 g/mol. The summed E-state index contributed by atoms with van der Waals surface area (Å²) in [5.74, 6) is 5.60. The van der Waals surface area contributed by atoms with Crippen molar-refractivity contribution in [2.24, 2.45) is 5.84 Å². The topological polar surface area (TPSA) is 47.3 Å². The highest BCUT2D eigenvalue weighted by Gasteiger charge is 2.12. The van der Waals surface area contributed by atoms with E-state index in [4.69, 9.17) is 10.6 Å². The van der Waals surface area contributed by atoms with Gasteiger partial charge in [-0.25, -0.2) is 0 Å². The van der Waals surface area contributed by atoms with Crippen LogP contribution < -0.4 is 11.3 Å². The summed E-state index contributed by atoms with van der Waals surface area (Å²) in [6.07, 6.45) is 1.96. The maximum Gasteiger partial charge on any atom is 0.0471 e. The van der Waals surface area contributed by atoms with Crippen LogP contribution in [0.1, 0.15) is 24.4 Å². The molecule has 5 heteroatoms. The summed E-state index contributed by atoms with van der Waals surface area (Å²) in [4.78, 5) is 0. The number of benzene rings is 1. The van der Waals surface area contributed by atoms with Crippen molar-refractivity contribution in [2.45, 2.75) is 18.9 Å². The number of rotatable bonds is 6. The summed E-state index contributed by atoms with van der Waals surface area (Å²) >= 11 is 5.81. The first kappa shape index (κ1) is 14.4. The number of nitrogens with one attached hydrogen (secondary N) is 1. The Morgan fingerprint density at radius 3 is 2.94 bits per heavy atom. The van der Waals surface area contributed by atoms with Crippen molar-refractivity contribution >= 4 is 38.5 Å². The fourth-order valence-corrected chi connectivity index (χ4v) is 2.63. The first-order valence-corrected chi connectivity index (χ1v) is 6.96. The molecule has 0 heterocycles. The molecule has 3 nitrogen and oxygen atoms in total. The molecule has 0 saturated carbocycles. The maximum absolute atomic E-state index is 5.60. The number of methoxy groups -OCH3 is 1. The number of hydrazine groups is 1. The van der Waals surface area contributed by atoms with Crippen molar-refractivity contribution in [3.63, 3.8) is 0 Å². The monoisotopic (exact) mass is 398 g/mol. The van der Waals surface area contributed by atoms with Gasteiger partial charge >= 0.3 is 0 Å². The largest absolute Gasteiger partial charge is 0.385 e. The smallest absolute Gasteiger partial charge is 0.0471 e. The SMILES string of the molecule is COCCCC(NN)c1cc(Br)ccc1I. The number of ether oxygens (including phenoxy) is 1. The molecule has 1 unspecified atom stereocenters. The lowest BCUT2D eigenvalue weighted by molar-refractivity contribution is 0.188. The normalized spacial score (nSPS) is 12.8. The number of hydrogen-bond donors (Lipinski definition) is 2. The lowest BCUT2D eigenvalue weighted by atomic mass is 10.0. The van der Waals surface area contributed by atoms with E-state index in [2.05, 4.69) is 56.1 Å². The first-order chi connectivity index (χ1) is 7.69. The Morgan fingerprint density at radius 1 is 1.56 bits per heavy atom. The molecule has 0 aliphatic carbocycles. The Morgan fingerprint density at radius 2 is 2.31 bits per heavy atom. The highest BCUT2D eigenvalue weighted by atomic mass is 127. The molecule has 0 amide bonds. The average molecular weight is 399 g/mol. The van der Waals surface area contributed by atoms with Gasteiger partial charge in [-0.2, -0.15) is 0 Å². The number of hydrogen-bond acceptors (Lipinski definition) is 3. The van der Waals surface area contributed by atoms with Gasteiger partial charge in [0.2, 0.25) is 0 Å². The van der Waals surface area contributed by atoms with Gasteiger partial charge in [0.1, 0.15) is 0 Å². The molecule has 0 aromatic heterocycles. The van der Waals surface area contributed by atoms with Crippen LogP contribution in [0.2, 0.25) is 0 Å². The molecule has 3 N–H and O–H groups in total. The quantitative estimate of drug-likeness (QED) is 0.335. The van der Waals surface area contributed by atoms with Crippen LogP contribution in [-0.4, -0.2) is 13.7 Å². The highest BCUT2D eigenvalue weighted by molar-refractivity contribution is 14.1. The molecule has 90 valence electrons. The van der Waals surface area contributed by atoms with Gasteiger partial charge in [-0.1, -0.05) is 15.9 Å². The molecular formula is C11H16BrIN2O. The molecule has 0 fully saturated rings. The van der Waals surface area contributed by atoms with E-state index in [0.29, 0.717) is 0 Å². The first-order valence-electron chi connectivity index (χ1n) is 5.09. The molecule has 0 spiro atoms. The van der Waals surface area contributed by atoms with Gasteiger partial charge in [0, 0.05) is 27.8 Å². The second kappa shape index (κ2) is 7.60. The summed E-state index contributed by atoms with van der Waals surface area (Å²) in [5.41, 5.74) is 4.09. The fraction of sp³-hybridized carbons (Fsp3) is 0.455. The van der Waals surface area contributed by atoms with E-state index in [1.165, 1.54) is 9.13 Å². The van der Waals surface area contributed by atoms with E-state index in [1.807, 2.05) is 6.07 Å². The van der Waals surface area contributed by atoms with E-state index in [1.54, 1.807) is 7.11 Å². The van der Waals surface area contributed by atoms with Crippen molar-refractivity contribution in [3.8, 4) is 0 Å². The van der Waals surface area contributed by atoms with Crippen LogP contribution in [0.25, 0.3) is 0 Å². The van der Waals surface area contributed by atoms with Crippen LogP contribution >= 0.6 is 38.5 Å². The van der Waals surface area contributed by atoms with Crippen LogP contribution in [0.15, 0.2) is 22.7 Å². The third-order valence-corrected chi connectivity index (χ3v) is 3.85. The maximum atomic E-state index is 5.60. The van der Waals surface area contributed by atoms with E-state index in [0.717, 1.165) is 23.9 Å². The van der Waals surface area contributed by atoms with Gasteiger partial charge < -0.3 is 4.74 Å². The molecule has 1 aromatic rings. The predicted molar refractivity (Wildman–Crippen MR) is 78.0 cm³/mol. The van der Waals surface area contributed by atoms with Crippen LogP contribution in [0.4, 0.5) is 0 Å².